The molecule has 2 heterocycles. The third kappa shape index (κ3) is 7.24. The van der Waals surface area contributed by atoms with Crippen molar-refractivity contribution in [2.24, 2.45) is 0 Å². The predicted octanol–water partition coefficient (Wildman–Crippen LogP) is 3.25. The lowest BCUT2D eigenvalue weighted by Gasteiger charge is -2.07. The maximum Gasteiger partial charge on any atom is 0.234 e. The highest BCUT2D eigenvalue weighted by molar-refractivity contribution is 8.02. The second-order valence-electron chi connectivity index (χ2n) is 6.97. The molecule has 0 unspecified atom stereocenters. The van der Waals surface area contributed by atoms with Crippen molar-refractivity contribution in [1.29, 1.82) is 0 Å². The molecule has 15 heteroatoms. The number of carbonyl (C=O) groups is 3. The standard InChI is InChI=1S/C21H18N8O3S4/c22-18-26-28-20(35-18)33-9-15(30)24-13-5-1-11(2-6-13)17(32)12-3-7-14(8-4-12)25-16(31)10-34-21-29-27-19(23)36-21/h1-8H,9-10H2,(H2,22,26)(H2,23,27)(H,24,30)(H,25,31). The fraction of sp³-hybridized carbons (Fsp3) is 0.0952. The Labute approximate surface area is 221 Å². The lowest BCUT2D eigenvalue weighted by atomic mass is 10.0. The van der Waals surface area contributed by atoms with Crippen molar-refractivity contribution in [3.05, 3.63) is 59.7 Å². The molecule has 0 saturated heterocycles. The molecule has 2 aromatic heterocycles. The summed E-state index contributed by atoms with van der Waals surface area (Å²) in [5, 5.41) is 21.4. The minimum Gasteiger partial charge on any atom is -0.374 e. The third-order valence-corrected chi connectivity index (χ3v) is 8.13. The molecule has 36 heavy (non-hydrogen) atoms. The zero-order chi connectivity index (χ0) is 25.5. The molecule has 0 aliphatic heterocycles. The minimum absolute atomic E-state index is 0.160. The Morgan fingerprint density at radius 2 is 1.06 bits per heavy atom. The molecule has 0 aliphatic rings. The maximum absolute atomic E-state index is 12.8. The van der Waals surface area contributed by atoms with Gasteiger partial charge in [0.2, 0.25) is 22.1 Å². The summed E-state index contributed by atoms with van der Waals surface area (Å²) in [5.41, 5.74) is 13.1. The summed E-state index contributed by atoms with van der Waals surface area (Å²) in [7, 11) is 0. The van der Waals surface area contributed by atoms with Gasteiger partial charge in [-0.2, -0.15) is 0 Å². The van der Waals surface area contributed by atoms with Gasteiger partial charge in [0, 0.05) is 22.5 Å². The van der Waals surface area contributed by atoms with Gasteiger partial charge < -0.3 is 22.1 Å². The fourth-order valence-corrected chi connectivity index (χ4v) is 5.65. The van der Waals surface area contributed by atoms with Crippen molar-refractivity contribution < 1.29 is 14.4 Å². The van der Waals surface area contributed by atoms with Gasteiger partial charge in [0.25, 0.3) is 0 Å². The highest BCUT2D eigenvalue weighted by Crippen LogP contribution is 2.25. The quantitative estimate of drug-likeness (QED) is 0.166. The first-order valence-corrected chi connectivity index (χ1v) is 13.7. The molecular formula is C21H18N8O3S4. The van der Waals surface area contributed by atoms with Gasteiger partial charge in [-0.15, -0.1) is 20.4 Å². The van der Waals surface area contributed by atoms with Gasteiger partial charge in [0.15, 0.2) is 14.5 Å². The van der Waals surface area contributed by atoms with Crippen molar-refractivity contribution in [2.75, 3.05) is 33.6 Å². The summed E-state index contributed by atoms with van der Waals surface area (Å²) in [6.45, 7) is 0. The Morgan fingerprint density at radius 1 is 0.667 bits per heavy atom. The number of hydrogen-bond acceptors (Lipinski definition) is 13. The van der Waals surface area contributed by atoms with E-state index in [-0.39, 0.29) is 29.1 Å². The number of nitrogens with two attached hydrogens (primary N) is 2. The Morgan fingerprint density at radius 3 is 1.39 bits per heavy atom. The Bertz CT molecular complexity index is 1270. The largest absolute Gasteiger partial charge is 0.374 e. The molecule has 4 rings (SSSR count). The summed E-state index contributed by atoms with van der Waals surface area (Å²) < 4.78 is 1.24. The lowest BCUT2D eigenvalue weighted by Crippen LogP contribution is -2.14. The van der Waals surface area contributed by atoms with Crippen LogP contribution >= 0.6 is 46.2 Å². The van der Waals surface area contributed by atoms with E-state index in [1.807, 2.05) is 0 Å². The van der Waals surface area contributed by atoms with Gasteiger partial charge in [0.05, 0.1) is 11.5 Å². The first-order chi connectivity index (χ1) is 17.4. The van der Waals surface area contributed by atoms with E-state index in [4.69, 9.17) is 11.5 Å². The van der Waals surface area contributed by atoms with E-state index in [2.05, 4.69) is 31.0 Å². The molecule has 0 aliphatic carbocycles. The zero-order valence-corrected chi connectivity index (χ0v) is 21.6. The number of ketones is 1. The first kappa shape index (κ1) is 25.6. The molecule has 2 amide bonds. The van der Waals surface area contributed by atoms with Crippen LogP contribution in [0.3, 0.4) is 0 Å². The molecule has 4 aromatic rings. The highest BCUT2D eigenvalue weighted by Gasteiger charge is 2.12. The Hall–Kier alpha value is -3.53. The highest BCUT2D eigenvalue weighted by atomic mass is 32.2. The molecule has 0 bridgehead atoms. The monoisotopic (exact) mass is 558 g/mol. The van der Waals surface area contributed by atoms with E-state index in [9.17, 15) is 14.4 Å². The average Bonchev–Trinajstić information content (AvgIpc) is 3.49. The average molecular weight is 559 g/mol. The number of carbonyl (C=O) groups excluding carboxylic acids is 3. The summed E-state index contributed by atoms with van der Waals surface area (Å²) >= 11 is 4.92. The van der Waals surface area contributed by atoms with Gasteiger partial charge in [-0.05, 0) is 48.5 Å². The van der Waals surface area contributed by atoms with Crippen molar-refractivity contribution in [3.63, 3.8) is 0 Å². The first-order valence-electron chi connectivity index (χ1n) is 10.1. The molecule has 6 N–H and O–H groups in total. The van der Waals surface area contributed by atoms with Crippen molar-refractivity contribution >= 4 is 85.4 Å². The van der Waals surface area contributed by atoms with Crippen LogP contribution in [-0.4, -0.2) is 49.5 Å². The number of nitrogens with one attached hydrogen (secondary N) is 2. The molecule has 184 valence electrons. The molecule has 2 aromatic carbocycles. The Balaban J connectivity index is 1.26. The molecule has 0 spiro atoms. The number of nitrogens with zero attached hydrogens (tertiary/aromatic N) is 4. The van der Waals surface area contributed by atoms with Crippen LogP contribution in [0.1, 0.15) is 15.9 Å². The van der Waals surface area contributed by atoms with Gasteiger partial charge in [-0.3, -0.25) is 14.4 Å². The van der Waals surface area contributed by atoms with Crippen LogP contribution in [-0.2, 0) is 9.59 Å². The molecule has 0 radical (unpaired) electrons. The van der Waals surface area contributed by atoms with E-state index in [1.54, 1.807) is 48.5 Å². The molecular weight excluding hydrogens is 541 g/mol. The van der Waals surface area contributed by atoms with Crippen LogP contribution < -0.4 is 22.1 Å². The van der Waals surface area contributed by atoms with E-state index in [0.29, 0.717) is 41.4 Å². The van der Waals surface area contributed by atoms with Crippen LogP contribution in [0.25, 0.3) is 0 Å². The molecule has 0 fully saturated rings. The number of benzene rings is 2. The number of hydrogen-bond donors (Lipinski definition) is 4. The number of nitrogen functional groups attached to an aromatic ring is 2. The molecule has 0 atom stereocenters. The van der Waals surface area contributed by atoms with Gasteiger partial charge in [-0.25, -0.2) is 0 Å². The lowest BCUT2D eigenvalue weighted by molar-refractivity contribution is -0.114. The van der Waals surface area contributed by atoms with Crippen LogP contribution in [0.4, 0.5) is 21.6 Å². The van der Waals surface area contributed by atoms with Crippen molar-refractivity contribution in [1.82, 2.24) is 20.4 Å². The molecule has 0 saturated carbocycles. The summed E-state index contributed by atoms with van der Waals surface area (Å²) in [6, 6.07) is 13.2. The number of thioether (sulfide) groups is 2. The Kier molecular flexibility index (Phi) is 8.48. The van der Waals surface area contributed by atoms with Crippen molar-refractivity contribution in [2.45, 2.75) is 8.68 Å². The van der Waals surface area contributed by atoms with E-state index >= 15 is 0 Å². The number of amides is 2. The maximum atomic E-state index is 12.8. The normalized spacial score (nSPS) is 10.7. The topological polar surface area (TPSA) is 179 Å². The fourth-order valence-electron chi connectivity index (χ4n) is 2.78. The third-order valence-electron chi connectivity index (χ3n) is 4.36. The van der Waals surface area contributed by atoms with Crippen LogP contribution in [0, 0.1) is 0 Å². The smallest absolute Gasteiger partial charge is 0.234 e. The van der Waals surface area contributed by atoms with Crippen LogP contribution in [0.2, 0.25) is 0 Å². The minimum atomic E-state index is -0.212. The second-order valence-corrected chi connectivity index (χ2v) is 11.4. The number of anilines is 4. The van der Waals surface area contributed by atoms with Crippen molar-refractivity contribution in [3.8, 4) is 0 Å². The van der Waals surface area contributed by atoms with Gasteiger partial charge in [0.1, 0.15) is 0 Å². The number of aromatic nitrogens is 4. The van der Waals surface area contributed by atoms with Crippen LogP contribution in [0.15, 0.2) is 57.2 Å². The zero-order valence-electron chi connectivity index (χ0n) is 18.3. The predicted molar refractivity (Wildman–Crippen MR) is 144 cm³/mol. The second kappa shape index (κ2) is 11.9. The van der Waals surface area contributed by atoms with Gasteiger partial charge in [-0.1, -0.05) is 46.2 Å². The molecule has 11 nitrogen and oxygen atoms in total. The number of rotatable bonds is 10. The van der Waals surface area contributed by atoms with E-state index in [0.717, 1.165) is 0 Å². The summed E-state index contributed by atoms with van der Waals surface area (Å²) in [6.07, 6.45) is 0. The summed E-state index contributed by atoms with van der Waals surface area (Å²) in [4.78, 5) is 37.1. The van der Waals surface area contributed by atoms with E-state index < -0.39 is 0 Å². The summed E-state index contributed by atoms with van der Waals surface area (Å²) in [5.74, 6) is -0.284. The van der Waals surface area contributed by atoms with E-state index in [1.165, 1.54) is 46.2 Å². The van der Waals surface area contributed by atoms with Crippen LogP contribution in [0.5, 0.6) is 0 Å². The SMILES string of the molecule is Nc1nnc(SCC(=O)Nc2ccc(C(=O)c3ccc(NC(=O)CSc4nnc(N)s4)cc3)cc2)s1. The van der Waals surface area contributed by atoms with Gasteiger partial charge >= 0.3 is 0 Å².